The normalized spacial score (nSPS) is 11.9. The van der Waals surface area contributed by atoms with Crippen LogP contribution >= 0.6 is 23.1 Å². The molecule has 0 saturated carbocycles. The van der Waals surface area contributed by atoms with Gasteiger partial charge >= 0.3 is 5.97 Å². The van der Waals surface area contributed by atoms with Crippen molar-refractivity contribution in [1.82, 2.24) is 4.98 Å². The second kappa shape index (κ2) is 9.03. The Morgan fingerprint density at radius 3 is 2.78 bits per heavy atom. The summed E-state index contributed by atoms with van der Waals surface area (Å²) in [5.74, 6) is 0.358. The number of benzene rings is 2. The van der Waals surface area contributed by atoms with Crippen molar-refractivity contribution in [3.8, 4) is 6.07 Å². The van der Waals surface area contributed by atoms with Crippen LogP contribution in [0.5, 0.6) is 0 Å². The van der Waals surface area contributed by atoms with Crippen LogP contribution in [0.4, 0.5) is 0 Å². The van der Waals surface area contributed by atoms with Gasteiger partial charge in [0.2, 0.25) is 0 Å². The summed E-state index contributed by atoms with van der Waals surface area (Å²) in [6.45, 7) is 4.13. The summed E-state index contributed by atoms with van der Waals surface area (Å²) in [5.41, 5.74) is 5.89. The first kappa shape index (κ1) is 19.4. The number of esters is 1. The van der Waals surface area contributed by atoms with Crippen LogP contribution in [0.3, 0.4) is 0 Å². The highest BCUT2D eigenvalue weighted by atomic mass is 32.2. The maximum absolute atomic E-state index is 11.9. The molecule has 0 saturated heterocycles. The number of thioether (sulfide) groups is 1. The van der Waals surface area contributed by atoms with Crippen molar-refractivity contribution in [2.75, 3.05) is 12.4 Å². The fourth-order valence-corrected chi connectivity index (χ4v) is 4.72. The maximum atomic E-state index is 11.9. The van der Waals surface area contributed by atoms with Crippen molar-refractivity contribution in [3.05, 3.63) is 58.6 Å². The van der Waals surface area contributed by atoms with Crippen molar-refractivity contribution in [2.24, 2.45) is 5.92 Å². The minimum absolute atomic E-state index is 0.155. The number of fused-ring (bicyclic) bond motifs is 1. The van der Waals surface area contributed by atoms with Gasteiger partial charge in [-0.25, -0.2) is 4.98 Å². The number of ether oxygens (including phenoxy) is 1. The molecule has 0 fully saturated rings. The predicted molar refractivity (Wildman–Crippen MR) is 110 cm³/mol. The zero-order valence-electron chi connectivity index (χ0n) is 15.3. The Kier molecular flexibility index (Phi) is 6.49. The number of hydrogen-bond donors (Lipinski definition) is 0. The molecule has 0 amide bonds. The third-order valence-electron chi connectivity index (χ3n) is 4.20. The molecule has 2 aromatic carbocycles. The first-order valence-electron chi connectivity index (χ1n) is 8.76. The van der Waals surface area contributed by atoms with Crippen LogP contribution < -0.4 is 0 Å². The third-order valence-corrected chi connectivity index (χ3v) is 6.46. The molecule has 3 aromatic rings. The summed E-state index contributed by atoms with van der Waals surface area (Å²) in [6, 6.07) is 14.0. The van der Waals surface area contributed by atoms with Gasteiger partial charge in [0.25, 0.3) is 0 Å². The minimum atomic E-state index is -0.158. The lowest BCUT2D eigenvalue weighted by Gasteiger charge is -2.13. The van der Waals surface area contributed by atoms with E-state index in [-0.39, 0.29) is 11.9 Å². The lowest BCUT2D eigenvalue weighted by Crippen LogP contribution is -2.16. The van der Waals surface area contributed by atoms with E-state index in [0.717, 1.165) is 22.4 Å². The molecule has 0 aliphatic heterocycles. The Labute approximate surface area is 167 Å². The summed E-state index contributed by atoms with van der Waals surface area (Å²) in [5, 5.41) is 8.98. The molecule has 0 aliphatic rings. The van der Waals surface area contributed by atoms with Gasteiger partial charge in [-0.15, -0.1) is 23.1 Å². The van der Waals surface area contributed by atoms with Gasteiger partial charge in [-0.3, -0.25) is 4.79 Å². The van der Waals surface area contributed by atoms with Crippen molar-refractivity contribution in [1.29, 1.82) is 5.26 Å². The molecule has 1 unspecified atom stereocenters. The monoisotopic (exact) mass is 396 g/mol. The predicted octanol–water partition coefficient (Wildman–Crippen LogP) is 5.05. The summed E-state index contributed by atoms with van der Waals surface area (Å²) in [4.78, 5) is 17.5. The number of nitriles is 1. The van der Waals surface area contributed by atoms with Gasteiger partial charge in [-0.1, -0.05) is 19.1 Å². The van der Waals surface area contributed by atoms with Crippen LogP contribution in [0.25, 0.3) is 10.2 Å². The molecule has 3 rings (SSSR count). The SMILES string of the molecule is CCOC(=O)C(C)CSc1ccc2ncsc2c1Cc1ccc(C#N)cc1. The molecule has 138 valence electrons. The van der Waals surface area contributed by atoms with Crippen LogP contribution in [0.15, 0.2) is 46.8 Å². The molecule has 1 atom stereocenters. The third kappa shape index (κ3) is 4.68. The van der Waals surface area contributed by atoms with Gasteiger partial charge in [-0.05, 0) is 42.3 Å². The zero-order valence-corrected chi connectivity index (χ0v) is 16.9. The van der Waals surface area contributed by atoms with E-state index in [2.05, 4.69) is 17.1 Å². The summed E-state index contributed by atoms with van der Waals surface area (Å²) in [6.07, 6.45) is 0.765. The van der Waals surface area contributed by atoms with Crippen molar-refractivity contribution < 1.29 is 9.53 Å². The highest BCUT2D eigenvalue weighted by molar-refractivity contribution is 7.99. The largest absolute Gasteiger partial charge is 0.466 e. The number of nitrogens with zero attached hydrogens (tertiary/aromatic N) is 2. The molecule has 4 nitrogen and oxygen atoms in total. The van der Waals surface area contributed by atoms with E-state index in [0.29, 0.717) is 17.9 Å². The molecule has 0 radical (unpaired) electrons. The van der Waals surface area contributed by atoms with Crippen LogP contribution in [0.2, 0.25) is 0 Å². The topological polar surface area (TPSA) is 63.0 Å². The van der Waals surface area contributed by atoms with Crippen LogP contribution in [0.1, 0.15) is 30.5 Å². The van der Waals surface area contributed by atoms with E-state index < -0.39 is 0 Å². The molecule has 0 spiro atoms. The Bertz CT molecular complexity index is 974. The van der Waals surface area contributed by atoms with Crippen molar-refractivity contribution in [2.45, 2.75) is 25.2 Å². The lowest BCUT2D eigenvalue weighted by atomic mass is 10.0. The number of aromatic nitrogens is 1. The number of hydrogen-bond acceptors (Lipinski definition) is 6. The average Bonchev–Trinajstić information content (AvgIpc) is 3.17. The van der Waals surface area contributed by atoms with E-state index >= 15 is 0 Å². The lowest BCUT2D eigenvalue weighted by molar-refractivity contribution is -0.146. The maximum Gasteiger partial charge on any atom is 0.309 e. The molecular weight excluding hydrogens is 376 g/mol. The number of carbonyl (C=O) groups excluding carboxylic acids is 1. The Hall–Kier alpha value is -2.36. The Morgan fingerprint density at radius 1 is 1.30 bits per heavy atom. The highest BCUT2D eigenvalue weighted by Crippen LogP contribution is 2.34. The highest BCUT2D eigenvalue weighted by Gasteiger charge is 2.17. The molecule has 0 bridgehead atoms. The Balaban J connectivity index is 1.85. The smallest absolute Gasteiger partial charge is 0.309 e. The number of rotatable bonds is 7. The van der Waals surface area contributed by atoms with Gasteiger partial charge in [0.05, 0.1) is 39.9 Å². The molecule has 1 aromatic heterocycles. The first-order valence-corrected chi connectivity index (χ1v) is 10.6. The summed E-state index contributed by atoms with van der Waals surface area (Å²) >= 11 is 3.32. The molecule has 0 N–H and O–H groups in total. The van der Waals surface area contributed by atoms with Gasteiger partial charge in [0.15, 0.2) is 0 Å². The van der Waals surface area contributed by atoms with E-state index in [1.54, 1.807) is 23.1 Å². The zero-order chi connectivity index (χ0) is 19.2. The first-order chi connectivity index (χ1) is 13.1. The molecule has 6 heteroatoms. The summed E-state index contributed by atoms with van der Waals surface area (Å²) in [7, 11) is 0. The second-order valence-corrected chi connectivity index (χ2v) is 8.11. The molecule has 27 heavy (non-hydrogen) atoms. The van der Waals surface area contributed by atoms with E-state index in [1.165, 1.54) is 10.3 Å². The van der Waals surface area contributed by atoms with Gasteiger partial charge in [-0.2, -0.15) is 5.26 Å². The standard InChI is InChI=1S/C21H20N2O2S2/c1-3-25-21(24)14(2)12-26-19-9-8-18-20(27-13-23-18)17(19)10-15-4-6-16(11-22)7-5-15/h4-9,13-14H,3,10,12H2,1-2H3. The fourth-order valence-electron chi connectivity index (χ4n) is 2.74. The van der Waals surface area contributed by atoms with Gasteiger partial charge in [0, 0.05) is 17.1 Å². The fraction of sp³-hybridized carbons (Fsp3) is 0.286. The van der Waals surface area contributed by atoms with Crippen LogP contribution in [-0.4, -0.2) is 23.3 Å². The average molecular weight is 397 g/mol. The quantitative estimate of drug-likeness (QED) is 0.413. The second-order valence-electron chi connectivity index (χ2n) is 6.19. The molecular formula is C21H20N2O2S2. The summed E-state index contributed by atoms with van der Waals surface area (Å²) < 4.78 is 6.29. The van der Waals surface area contributed by atoms with E-state index in [9.17, 15) is 4.79 Å². The minimum Gasteiger partial charge on any atom is -0.466 e. The van der Waals surface area contributed by atoms with Crippen molar-refractivity contribution in [3.63, 3.8) is 0 Å². The van der Waals surface area contributed by atoms with Crippen LogP contribution in [0, 0.1) is 17.2 Å². The van der Waals surface area contributed by atoms with Crippen LogP contribution in [-0.2, 0) is 16.0 Å². The number of carbonyl (C=O) groups is 1. The van der Waals surface area contributed by atoms with E-state index in [1.807, 2.05) is 49.7 Å². The van der Waals surface area contributed by atoms with Gasteiger partial charge in [0.1, 0.15) is 0 Å². The molecule has 0 aliphatic carbocycles. The Morgan fingerprint density at radius 2 is 2.07 bits per heavy atom. The van der Waals surface area contributed by atoms with Crippen molar-refractivity contribution >= 4 is 39.3 Å². The van der Waals surface area contributed by atoms with E-state index in [4.69, 9.17) is 10.00 Å². The number of thiazole rings is 1. The molecule has 1 heterocycles. The van der Waals surface area contributed by atoms with Gasteiger partial charge < -0.3 is 4.74 Å².